The Kier molecular flexibility index (Phi) is 5.21. The molecule has 1 fully saturated rings. The van der Waals surface area contributed by atoms with E-state index in [0.29, 0.717) is 13.0 Å². The average molecular weight is 338 g/mol. The van der Waals surface area contributed by atoms with Gasteiger partial charge in [-0.05, 0) is 31.0 Å². The monoisotopic (exact) mass is 337 g/mol. The number of sulfonamides is 1. The molecule has 0 aromatic heterocycles. The highest BCUT2D eigenvalue weighted by atomic mass is 35.5. The van der Waals surface area contributed by atoms with Crippen LogP contribution in [0.1, 0.15) is 12.0 Å². The van der Waals surface area contributed by atoms with Crippen LogP contribution in [0.25, 0.3) is 0 Å². The summed E-state index contributed by atoms with van der Waals surface area (Å²) in [5, 5.41) is -0.156. The molecule has 1 aliphatic heterocycles. The molecule has 0 saturated carbocycles. The van der Waals surface area contributed by atoms with Gasteiger partial charge >= 0.3 is 0 Å². The molecule has 0 unspecified atom stereocenters. The SMILES string of the molecule is CO[C@@H]1CCOC[C@H]1NS(=O)(=O)c1cc(C)c(F)cc1Cl. The Balaban J connectivity index is 2.28. The van der Waals surface area contributed by atoms with Crippen molar-refractivity contribution >= 4 is 21.6 Å². The minimum Gasteiger partial charge on any atom is -0.380 e. The van der Waals surface area contributed by atoms with E-state index in [-0.39, 0.29) is 28.2 Å². The van der Waals surface area contributed by atoms with Crippen molar-refractivity contribution < 1.29 is 22.3 Å². The summed E-state index contributed by atoms with van der Waals surface area (Å²) < 4.78 is 51.3. The Morgan fingerprint density at radius 3 is 2.86 bits per heavy atom. The zero-order valence-corrected chi connectivity index (χ0v) is 13.3. The van der Waals surface area contributed by atoms with Crippen LogP contribution in [0.2, 0.25) is 5.02 Å². The molecule has 0 aliphatic carbocycles. The average Bonchev–Trinajstić information content (AvgIpc) is 2.43. The summed E-state index contributed by atoms with van der Waals surface area (Å²) in [6.45, 7) is 2.22. The molecule has 0 amide bonds. The second kappa shape index (κ2) is 6.58. The Hall–Kier alpha value is -0.730. The first-order valence-electron chi connectivity index (χ1n) is 6.43. The lowest BCUT2D eigenvalue weighted by atomic mass is 10.1. The lowest BCUT2D eigenvalue weighted by Gasteiger charge is -2.30. The third kappa shape index (κ3) is 3.73. The number of rotatable bonds is 4. The predicted molar refractivity (Wildman–Crippen MR) is 76.5 cm³/mol. The highest BCUT2D eigenvalue weighted by molar-refractivity contribution is 7.89. The van der Waals surface area contributed by atoms with Gasteiger partial charge in [0.2, 0.25) is 10.0 Å². The molecule has 1 aromatic carbocycles. The van der Waals surface area contributed by atoms with Gasteiger partial charge in [0, 0.05) is 13.7 Å². The van der Waals surface area contributed by atoms with Crippen molar-refractivity contribution in [1.82, 2.24) is 4.72 Å². The molecule has 21 heavy (non-hydrogen) atoms. The predicted octanol–water partition coefficient (Wildman–Crippen LogP) is 1.87. The van der Waals surface area contributed by atoms with E-state index in [1.54, 1.807) is 0 Å². The Labute approximate surface area is 128 Å². The summed E-state index contributed by atoms with van der Waals surface area (Å²) in [6, 6.07) is 1.71. The molecule has 1 heterocycles. The van der Waals surface area contributed by atoms with Crippen LogP contribution in [0.3, 0.4) is 0 Å². The molecule has 5 nitrogen and oxygen atoms in total. The van der Waals surface area contributed by atoms with E-state index in [4.69, 9.17) is 21.1 Å². The van der Waals surface area contributed by atoms with E-state index >= 15 is 0 Å². The second-order valence-electron chi connectivity index (χ2n) is 4.90. The van der Waals surface area contributed by atoms with Crippen molar-refractivity contribution in [2.75, 3.05) is 20.3 Å². The van der Waals surface area contributed by atoms with Gasteiger partial charge in [0.25, 0.3) is 0 Å². The van der Waals surface area contributed by atoms with Crippen molar-refractivity contribution in [2.24, 2.45) is 0 Å². The van der Waals surface area contributed by atoms with Crippen LogP contribution < -0.4 is 4.72 Å². The second-order valence-corrected chi connectivity index (χ2v) is 6.99. The van der Waals surface area contributed by atoms with Crippen molar-refractivity contribution in [3.63, 3.8) is 0 Å². The first-order chi connectivity index (χ1) is 9.85. The van der Waals surface area contributed by atoms with E-state index in [9.17, 15) is 12.8 Å². The first kappa shape index (κ1) is 16.6. The van der Waals surface area contributed by atoms with Gasteiger partial charge in [0.15, 0.2) is 0 Å². The smallest absolute Gasteiger partial charge is 0.242 e. The quantitative estimate of drug-likeness (QED) is 0.911. The van der Waals surface area contributed by atoms with Gasteiger partial charge in [-0.2, -0.15) is 0 Å². The standard InChI is InChI=1S/C13H17ClFNO4S/c1-8-5-13(9(14)6-10(8)15)21(17,18)16-11-7-20-4-3-12(11)19-2/h5-6,11-12,16H,3-4,7H2,1-2H3/t11-,12-/m1/s1. The largest absolute Gasteiger partial charge is 0.380 e. The minimum absolute atomic E-state index is 0.150. The molecular weight excluding hydrogens is 321 g/mol. The van der Waals surface area contributed by atoms with Gasteiger partial charge in [0.1, 0.15) is 10.7 Å². The number of halogens is 2. The van der Waals surface area contributed by atoms with Crippen LogP contribution in [0.5, 0.6) is 0 Å². The molecule has 118 valence electrons. The van der Waals surface area contributed by atoms with Gasteiger partial charge in [-0.15, -0.1) is 0 Å². The summed E-state index contributed by atoms with van der Waals surface area (Å²) in [7, 11) is -2.36. The number of methoxy groups -OCH3 is 1. The van der Waals surface area contributed by atoms with Crippen molar-refractivity contribution in [3.8, 4) is 0 Å². The lowest BCUT2D eigenvalue weighted by molar-refractivity contribution is -0.0305. The number of ether oxygens (including phenoxy) is 2. The maximum Gasteiger partial charge on any atom is 0.242 e. The number of benzene rings is 1. The molecule has 2 atom stereocenters. The third-order valence-corrected chi connectivity index (χ3v) is 5.36. The molecule has 1 aliphatic rings. The Bertz CT molecular complexity index is 623. The van der Waals surface area contributed by atoms with Crippen LogP contribution in [0, 0.1) is 12.7 Å². The molecule has 0 radical (unpaired) electrons. The first-order valence-corrected chi connectivity index (χ1v) is 8.30. The normalized spacial score (nSPS) is 23.2. The fourth-order valence-corrected chi connectivity index (χ4v) is 4.06. The van der Waals surface area contributed by atoms with E-state index in [1.165, 1.54) is 20.1 Å². The van der Waals surface area contributed by atoms with Crippen LogP contribution in [0.15, 0.2) is 17.0 Å². The Morgan fingerprint density at radius 1 is 1.48 bits per heavy atom. The summed E-state index contributed by atoms with van der Waals surface area (Å²) in [6.07, 6.45) is 0.328. The topological polar surface area (TPSA) is 64.6 Å². The van der Waals surface area contributed by atoms with Gasteiger partial charge < -0.3 is 9.47 Å². The molecule has 8 heteroatoms. The number of hydrogen-bond acceptors (Lipinski definition) is 4. The lowest BCUT2D eigenvalue weighted by Crippen LogP contribution is -2.50. The highest BCUT2D eigenvalue weighted by Crippen LogP contribution is 2.25. The molecule has 1 aromatic rings. The minimum atomic E-state index is -3.88. The summed E-state index contributed by atoms with van der Waals surface area (Å²) in [4.78, 5) is -0.150. The van der Waals surface area contributed by atoms with Crippen molar-refractivity contribution in [3.05, 3.63) is 28.5 Å². The fourth-order valence-electron chi connectivity index (χ4n) is 2.21. The van der Waals surface area contributed by atoms with Gasteiger partial charge in [0.05, 0.1) is 23.8 Å². The van der Waals surface area contributed by atoms with Gasteiger partial charge in [-0.3, -0.25) is 0 Å². The Morgan fingerprint density at radius 2 is 2.19 bits per heavy atom. The molecule has 1 N–H and O–H groups in total. The maximum atomic E-state index is 13.4. The van der Waals surface area contributed by atoms with Crippen LogP contribution in [-0.4, -0.2) is 40.9 Å². The number of aryl methyl sites for hydroxylation is 1. The summed E-state index contributed by atoms with van der Waals surface area (Å²) >= 11 is 5.85. The van der Waals surface area contributed by atoms with E-state index in [1.807, 2.05) is 0 Å². The molecule has 0 spiro atoms. The maximum absolute atomic E-state index is 13.4. The fraction of sp³-hybridized carbons (Fsp3) is 0.538. The molecule has 2 rings (SSSR count). The molecular formula is C13H17ClFNO4S. The van der Waals surface area contributed by atoms with Crippen LogP contribution in [-0.2, 0) is 19.5 Å². The van der Waals surface area contributed by atoms with E-state index < -0.39 is 21.9 Å². The van der Waals surface area contributed by atoms with E-state index in [2.05, 4.69) is 4.72 Å². The van der Waals surface area contributed by atoms with Gasteiger partial charge in [-0.1, -0.05) is 11.6 Å². The summed E-state index contributed by atoms with van der Waals surface area (Å²) in [5.74, 6) is -0.547. The number of hydrogen-bond donors (Lipinski definition) is 1. The zero-order valence-electron chi connectivity index (χ0n) is 11.7. The molecule has 1 saturated heterocycles. The van der Waals surface area contributed by atoms with Crippen molar-refractivity contribution in [2.45, 2.75) is 30.4 Å². The van der Waals surface area contributed by atoms with Crippen LogP contribution in [0.4, 0.5) is 4.39 Å². The van der Waals surface area contributed by atoms with Crippen LogP contribution >= 0.6 is 11.6 Å². The van der Waals surface area contributed by atoms with E-state index in [0.717, 1.165) is 6.07 Å². The third-order valence-electron chi connectivity index (χ3n) is 3.40. The van der Waals surface area contributed by atoms with Crippen molar-refractivity contribution in [1.29, 1.82) is 0 Å². The summed E-state index contributed by atoms with van der Waals surface area (Å²) in [5.41, 5.74) is 0.211. The zero-order chi connectivity index (χ0) is 15.6. The highest BCUT2D eigenvalue weighted by Gasteiger charge is 2.31. The number of nitrogens with one attached hydrogen (secondary N) is 1. The molecule has 0 bridgehead atoms. The van der Waals surface area contributed by atoms with Gasteiger partial charge in [-0.25, -0.2) is 17.5 Å².